The van der Waals surface area contributed by atoms with E-state index < -0.39 is 0 Å². The number of rotatable bonds is 5. The smallest absolute Gasteiger partial charge is 0.273 e. The molecule has 0 radical (unpaired) electrons. The minimum Gasteiger partial charge on any atom is -0.376 e. The Morgan fingerprint density at radius 2 is 2.29 bits per heavy atom. The highest BCUT2D eigenvalue weighted by molar-refractivity contribution is 5.91. The van der Waals surface area contributed by atoms with E-state index in [9.17, 15) is 4.79 Å². The lowest BCUT2D eigenvalue weighted by atomic mass is 9.98. The molecule has 1 amide bonds. The van der Waals surface area contributed by atoms with Crippen LogP contribution < -0.4 is 5.32 Å². The lowest BCUT2D eigenvalue weighted by Crippen LogP contribution is -2.29. The van der Waals surface area contributed by atoms with Crippen LogP contribution in [0.1, 0.15) is 42.6 Å². The average Bonchev–Trinajstić information content (AvgIpc) is 2.89. The van der Waals surface area contributed by atoms with Crippen molar-refractivity contribution in [1.29, 1.82) is 0 Å². The van der Waals surface area contributed by atoms with Crippen molar-refractivity contribution in [1.82, 2.24) is 20.7 Å². The van der Waals surface area contributed by atoms with Gasteiger partial charge in [-0.2, -0.15) is 15.4 Å². The van der Waals surface area contributed by atoms with Crippen LogP contribution >= 0.6 is 0 Å². The normalized spacial score (nSPS) is 16.9. The molecule has 0 aliphatic heterocycles. The molecule has 1 fully saturated rings. The van der Waals surface area contributed by atoms with E-state index in [-0.39, 0.29) is 5.91 Å². The molecule has 17 heavy (non-hydrogen) atoms. The molecule has 0 bridgehead atoms. The van der Waals surface area contributed by atoms with Gasteiger partial charge in [-0.1, -0.05) is 19.3 Å². The molecule has 1 aromatic rings. The summed E-state index contributed by atoms with van der Waals surface area (Å²) in [4.78, 5) is 11.5. The Bertz CT molecular complexity index is 333. The molecule has 1 aromatic heterocycles. The predicted octanol–water partition coefficient (Wildman–Crippen LogP) is 0.884. The maximum atomic E-state index is 11.5. The van der Waals surface area contributed by atoms with Crippen molar-refractivity contribution >= 4 is 5.91 Å². The number of H-pyrrole nitrogens is 1. The van der Waals surface area contributed by atoms with Gasteiger partial charge < -0.3 is 10.1 Å². The third-order valence-electron chi connectivity index (χ3n) is 2.94. The Balaban J connectivity index is 1.58. The quantitative estimate of drug-likeness (QED) is 0.746. The Kier molecular flexibility index (Phi) is 4.49. The molecule has 0 aromatic carbocycles. The lowest BCUT2D eigenvalue weighted by Gasteiger charge is -2.21. The molecule has 0 saturated heterocycles. The van der Waals surface area contributed by atoms with Gasteiger partial charge in [0.2, 0.25) is 0 Å². The zero-order chi connectivity index (χ0) is 11.9. The third-order valence-corrected chi connectivity index (χ3v) is 2.94. The fourth-order valence-corrected chi connectivity index (χ4v) is 2.02. The van der Waals surface area contributed by atoms with Gasteiger partial charge in [0.05, 0.1) is 18.9 Å². The van der Waals surface area contributed by atoms with Crippen molar-refractivity contribution in [2.45, 2.75) is 38.2 Å². The first-order chi connectivity index (χ1) is 8.36. The first kappa shape index (κ1) is 12.0. The van der Waals surface area contributed by atoms with Gasteiger partial charge in [0, 0.05) is 6.54 Å². The van der Waals surface area contributed by atoms with Gasteiger partial charge in [0.15, 0.2) is 5.69 Å². The van der Waals surface area contributed by atoms with Crippen molar-refractivity contribution in [3.05, 3.63) is 11.9 Å². The van der Waals surface area contributed by atoms with Crippen LogP contribution in [0.5, 0.6) is 0 Å². The molecule has 6 heteroatoms. The molecule has 0 spiro atoms. The van der Waals surface area contributed by atoms with E-state index in [0.717, 1.165) is 12.8 Å². The summed E-state index contributed by atoms with van der Waals surface area (Å²) >= 11 is 0. The summed E-state index contributed by atoms with van der Waals surface area (Å²) in [6, 6.07) is 0. The number of hydrogen-bond donors (Lipinski definition) is 2. The number of nitrogens with one attached hydrogen (secondary N) is 2. The molecular weight excluding hydrogens is 220 g/mol. The Labute approximate surface area is 100 Å². The molecule has 0 unspecified atom stereocenters. The van der Waals surface area contributed by atoms with Gasteiger partial charge in [-0.05, 0) is 12.8 Å². The minimum atomic E-state index is -0.217. The average molecular weight is 238 g/mol. The second kappa shape index (κ2) is 6.34. The number of carbonyl (C=O) groups is 1. The molecule has 2 rings (SSSR count). The van der Waals surface area contributed by atoms with Gasteiger partial charge in [0.1, 0.15) is 0 Å². The number of hydrogen-bond acceptors (Lipinski definition) is 4. The minimum absolute atomic E-state index is 0.217. The molecule has 94 valence electrons. The maximum Gasteiger partial charge on any atom is 0.273 e. The van der Waals surface area contributed by atoms with E-state index in [2.05, 4.69) is 20.7 Å². The molecule has 1 aliphatic carbocycles. The van der Waals surface area contributed by atoms with E-state index in [0.29, 0.717) is 24.9 Å². The van der Waals surface area contributed by atoms with Crippen molar-refractivity contribution in [3.63, 3.8) is 0 Å². The van der Waals surface area contributed by atoms with Crippen LogP contribution in [-0.4, -0.2) is 40.6 Å². The van der Waals surface area contributed by atoms with Crippen LogP contribution in [0.3, 0.4) is 0 Å². The standard InChI is InChI=1S/C11H18N4O2/c16-11(10-8-13-15-14-10)12-6-7-17-9-4-2-1-3-5-9/h8-9H,1-7H2,(H,12,16)(H,13,14,15). The number of aromatic amines is 1. The van der Waals surface area contributed by atoms with Crippen LogP contribution in [0.2, 0.25) is 0 Å². The van der Waals surface area contributed by atoms with E-state index in [1.54, 1.807) is 0 Å². The van der Waals surface area contributed by atoms with Crippen molar-refractivity contribution < 1.29 is 9.53 Å². The highest BCUT2D eigenvalue weighted by atomic mass is 16.5. The topological polar surface area (TPSA) is 79.9 Å². The van der Waals surface area contributed by atoms with Crippen LogP contribution in [0.15, 0.2) is 6.20 Å². The van der Waals surface area contributed by atoms with Gasteiger partial charge in [0.25, 0.3) is 5.91 Å². The number of carbonyl (C=O) groups excluding carboxylic acids is 1. The summed E-state index contributed by atoms with van der Waals surface area (Å²) in [5, 5.41) is 12.4. The summed E-state index contributed by atoms with van der Waals surface area (Å²) in [5.41, 5.74) is 0.308. The maximum absolute atomic E-state index is 11.5. The molecule has 1 heterocycles. The zero-order valence-corrected chi connectivity index (χ0v) is 9.82. The molecule has 1 saturated carbocycles. The fourth-order valence-electron chi connectivity index (χ4n) is 2.02. The summed E-state index contributed by atoms with van der Waals surface area (Å²) in [6.45, 7) is 1.08. The molecule has 1 aliphatic rings. The number of amides is 1. The first-order valence-corrected chi connectivity index (χ1v) is 6.12. The first-order valence-electron chi connectivity index (χ1n) is 6.12. The number of nitrogens with zero attached hydrogens (tertiary/aromatic N) is 2. The van der Waals surface area contributed by atoms with Gasteiger partial charge in [-0.15, -0.1) is 0 Å². The monoisotopic (exact) mass is 238 g/mol. The highest BCUT2D eigenvalue weighted by Crippen LogP contribution is 2.19. The Hall–Kier alpha value is -1.43. The summed E-state index contributed by atoms with van der Waals surface area (Å²) in [6.07, 6.45) is 7.92. The van der Waals surface area contributed by atoms with E-state index in [1.807, 2.05) is 0 Å². The van der Waals surface area contributed by atoms with Crippen LogP contribution in [0, 0.1) is 0 Å². The molecule has 6 nitrogen and oxygen atoms in total. The second-order valence-corrected chi connectivity index (χ2v) is 4.24. The summed E-state index contributed by atoms with van der Waals surface area (Å²) in [5.74, 6) is -0.217. The van der Waals surface area contributed by atoms with Crippen LogP contribution in [0.25, 0.3) is 0 Å². The van der Waals surface area contributed by atoms with E-state index >= 15 is 0 Å². The number of ether oxygens (including phenoxy) is 1. The van der Waals surface area contributed by atoms with Crippen molar-refractivity contribution in [2.75, 3.05) is 13.2 Å². The van der Waals surface area contributed by atoms with E-state index in [4.69, 9.17) is 4.74 Å². The predicted molar refractivity (Wildman–Crippen MR) is 61.5 cm³/mol. The van der Waals surface area contributed by atoms with Crippen LogP contribution in [0.4, 0.5) is 0 Å². The van der Waals surface area contributed by atoms with E-state index in [1.165, 1.54) is 25.5 Å². The second-order valence-electron chi connectivity index (χ2n) is 4.24. The highest BCUT2D eigenvalue weighted by Gasteiger charge is 2.13. The summed E-state index contributed by atoms with van der Waals surface area (Å²) < 4.78 is 5.69. The SMILES string of the molecule is O=C(NCCOC1CCCCC1)c1cn[nH]n1. The van der Waals surface area contributed by atoms with Gasteiger partial charge in [-0.3, -0.25) is 4.79 Å². The molecular formula is C11H18N4O2. The number of aromatic nitrogens is 3. The molecule has 2 N–H and O–H groups in total. The van der Waals surface area contributed by atoms with Gasteiger partial charge >= 0.3 is 0 Å². The van der Waals surface area contributed by atoms with Crippen LogP contribution in [-0.2, 0) is 4.74 Å². The fraction of sp³-hybridized carbons (Fsp3) is 0.727. The molecule has 0 atom stereocenters. The Morgan fingerprint density at radius 1 is 1.47 bits per heavy atom. The third kappa shape index (κ3) is 3.81. The Morgan fingerprint density at radius 3 is 3.00 bits per heavy atom. The van der Waals surface area contributed by atoms with Crippen molar-refractivity contribution in [3.8, 4) is 0 Å². The lowest BCUT2D eigenvalue weighted by molar-refractivity contribution is 0.0299. The van der Waals surface area contributed by atoms with Crippen molar-refractivity contribution in [2.24, 2.45) is 0 Å². The van der Waals surface area contributed by atoms with Gasteiger partial charge in [-0.25, -0.2) is 0 Å². The zero-order valence-electron chi connectivity index (χ0n) is 9.82. The summed E-state index contributed by atoms with van der Waals surface area (Å²) in [7, 11) is 0. The largest absolute Gasteiger partial charge is 0.376 e.